The van der Waals surface area contributed by atoms with Gasteiger partial charge in [0.15, 0.2) is 0 Å². The van der Waals surface area contributed by atoms with Crippen LogP contribution in [0.5, 0.6) is 0 Å². The van der Waals surface area contributed by atoms with Crippen molar-refractivity contribution in [1.82, 2.24) is 5.43 Å². The van der Waals surface area contributed by atoms with E-state index in [-0.39, 0.29) is 5.91 Å². The zero-order chi connectivity index (χ0) is 17.6. The molecular formula is C20H19ClN2OS. The van der Waals surface area contributed by atoms with E-state index in [4.69, 9.17) is 11.6 Å². The first-order valence-corrected chi connectivity index (χ1v) is 9.49. The van der Waals surface area contributed by atoms with Crippen LogP contribution >= 0.6 is 22.9 Å². The Labute approximate surface area is 156 Å². The number of rotatable bonds is 6. The third-order valence-electron chi connectivity index (χ3n) is 3.91. The van der Waals surface area contributed by atoms with Crippen LogP contribution in [-0.4, -0.2) is 11.6 Å². The number of carbonyl (C=O) groups excluding carboxylic acids is 1. The number of benzene rings is 2. The van der Waals surface area contributed by atoms with Crippen LogP contribution in [0.2, 0.25) is 5.02 Å². The van der Waals surface area contributed by atoms with Gasteiger partial charge in [0, 0.05) is 10.1 Å². The number of amides is 1. The molecular weight excluding hydrogens is 352 g/mol. The number of unbranched alkanes of at least 4 members (excludes halogenated alkanes) is 1. The number of hydrazone groups is 1. The van der Waals surface area contributed by atoms with Gasteiger partial charge in [-0.15, -0.1) is 11.3 Å². The SMILES string of the molecule is CCCC/C(=N/NC(=O)c1sc2ccccc2c1Cl)c1ccccc1. The van der Waals surface area contributed by atoms with Crippen molar-refractivity contribution in [3.8, 4) is 0 Å². The fraction of sp³-hybridized carbons (Fsp3) is 0.200. The molecule has 3 aromatic rings. The predicted octanol–water partition coefficient (Wildman–Crippen LogP) is 5.88. The third kappa shape index (κ3) is 4.09. The highest BCUT2D eigenvalue weighted by atomic mass is 35.5. The van der Waals surface area contributed by atoms with E-state index in [9.17, 15) is 4.79 Å². The summed E-state index contributed by atoms with van der Waals surface area (Å²) in [4.78, 5) is 13.0. The predicted molar refractivity (Wildman–Crippen MR) is 107 cm³/mol. The summed E-state index contributed by atoms with van der Waals surface area (Å²) in [7, 11) is 0. The fourth-order valence-corrected chi connectivity index (χ4v) is 3.98. The standard InChI is InChI=1S/C20H19ClN2OS/c1-2-3-12-16(14-9-5-4-6-10-14)22-23-20(24)19-18(21)15-11-7-8-13-17(15)25-19/h4-11,13H,2-3,12H2,1H3,(H,23,24)/b22-16-. The minimum absolute atomic E-state index is 0.267. The maximum atomic E-state index is 12.6. The lowest BCUT2D eigenvalue weighted by molar-refractivity contribution is 0.0959. The number of nitrogens with one attached hydrogen (secondary N) is 1. The normalized spacial score (nSPS) is 11.7. The van der Waals surface area contributed by atoms with Gasteiger partial charge in [-0.3, -0.25) is 4.79 Å². The molecule has 5 heteroatoms. The van der Waals surface area contributed by atoms with Crippen molar-refractivity contribution in [2.75, 3.05) is 0 Å². The molecule has 0 spiro atoms. The fourth-order valence-electron chi connectivity index (χ4n) is 2.57. The number of thiophene rings is 1. The second-order valence-corrected chi connectivity index (χ2v) is 7.14. The molecule has 3 rings (SSSR count). The average molecular weight is 371 g/mol. The Kier molecular flexibility index (Phi) is 5.84. The van der Waals surface area contributed by atoms with E-state index in [0.29, 0.717) is 9.90 Å². The molecule has 0 aliphatic carbocycles. The summed E-state index contributed by atoms with van der Waals surface area (Å²) in [5.41, 5.74) is 4.59. The summed E-state index contributed by atoms with van der Waals surface area (Å²) in [6, 6.07) is 17.7. The van der Waals surface area contributed by atoms with E-state index in [0.717, 1.165) is 40.6 Å². The van der Waals surface area contributed by atoms with Gasteiger partial charge in [0.1, 0.15) is 4.88 Å². The van der Waals surface area contributed by atoms with Gasteiger partial charge in [-0.05, 0) is 24.5 Å². The molecule has 0 saturated carbocycles. The Morgan fingerprint density at radius 2 is 1.84 bits per heavy atom. The van der Waals surface area contributed by atoms with E-state index in [1.807, 2.05) is 54.6 Å². The Hall–Kier alpha value is -2.17. The quantitative estimate of drug-likeness (QED) is 0.427. The zero-order valence-corrected chi connectivity index (χ0v) is 15.5. The first-order chi connectivity index (χ1) is 12.2. The van der Waals surface area contributed by atoms with Gasteiger partial charge < -0.3 is 0 Å². The number of hydrogen-bond donors (Lipinski definition) is 1. The maximum absolute atomic E-state index is 12.6. The molecule has 25 heavy (non-hydrogen) atoms. The molecule has 3 nitrogen and oxygen atoms in total. The molecule has 0 aliphatic rings. The second kappa shape index (κ2) is 8.28. The first-order valence-electron chi connectivity index (χ1n) is 8.30. The van der Waals surface area contributed by atoms with E-state index in [1.165, 1.54) is 11.3 Å². The van der Waals surface area contributed by atoms with Crippen molar-refractivity contribution in [1.29, 1.82) is 0 Å². The van der Waals surface area contributed by atoms with E-state index in [2.05, 4.69) is 17.5 Å². The smallest absolute Gasteiger partial charge is 0.266 e. The van der Waals surface area contributed by atoms with Gasteiger partial charge >= 0.3 is 0 Å². The highest BCUT2D eigenvalue weighted by Crippen LogP contribution is 2.34. The van der Waals surface area contributed by atoms with Crippen molar-refractivity contribution < 1.29 is 4.79 Å². The Morgan fingerprint density at radius 3 is 2.56 bits per heavy atom. The highest BCUT2D eigenvalue weighted by molar-refractivity contribution is 7.21. The minimum atomic E-state index is -0.267. The largest absolute Gasteiger partial charge is 0.283 e. The Morgan fingerprint density at radius 1 is 1.12 bits per heavy atom. The summed E-state index contributed by atoms with van der Waals surface area (Å²) in [6.07, 6.45) is 2.91. The molecule has 0 radical (unpaired) electrons. The van der Waals surface area contributed by atoms with Gasteiger partial charge in [0.25, 0.3) is 5.91 Å². The first kappa shape index (κ1) is 17.6. The molecule has 2 aromatic carbocycles. The molecule has 1 aromatic heterocycles. The third-order valence-corrected chi connectivity index (χ3v) is 5.58. The summed E-state index contributed by atoms with van der Waals surface area (Å²) in [5.74, 6) is -0.267. The van der Waals surface area contributed by atoms with Crippen LogP contribution in [0.3, 0.4) is 0 Å². The maximum Gasteiger partial charge on any atom is 0.283 e. The molecule has 0 unspecified atom stereocenters. The van der Waals surface area contributed by atoms with Gasteiger partial charge in [-0.25, -0.2) is 5.43 Å². The minimum Gasteiger partial charge on any atom is -0.266 e. The van der Waals surface area contributed by atoms with E-state index >= 15 is 0 Å². The van der Waals surface area contributed by atoms with Gasteiger partial charge in [0.2, 0.25) is 0 Å². The van der Waals surface area contributed by atoms with Crippen LogP contribution in [0, 0.1) is 0 Å². The van der Waals surface area contributed by atoms with Crippen LogP contribution < -0.4 is 5.43 Å². The second-order valence-electron chi connectivity index (χ2n) is 5.71. The van der Waals surface area contributed by atoms with Crippen molar-refractivity contribution in [3.63, 3.8) is 0 Å². The lowest BCUT2D eigenvalue weighted by atomic mass is 10.1. The molecule has 0 fully saturated rings. The molecule has 0 atom stereocenters. The molecule has 0 aliphatic heterocycles. The van der Waals surface area contributed by atoms with Gasteiger partial charge in [0.05, 0.1) is 10.7 Å². The van der Waals surface area contributed by atoms with Crippen LogP contribution in [0.4, 0.5) is 0 Å². The average Bonchev–Trinajstić information content (AvgIpc) is 2.99. The lowest BCUT2D eigenvalue weighted by Crippen LogP contribution is -2.19. The van der Waals surface area contributed by atoms with E-state index < -0.39 is 0 Å². The van der Waals surface area contributed by atoms with E-state index in [1.54, 1.807) is 0 Å². The lowest BCUT2D eigenvalue weighted by Gasteiger charge is -2.06. The van der Waals surface area contributed by atoms with Crippen LogP contribution in [-0.2, 0) is 0 Å². The molecule has 1 amide bonds. The topological polar surface area (TPSA) is 41.5 Å². The molecule has 0 saturated heterocycles. The molecule has 1 heterocycles. The summed E-state index contributed by atoms with van der Waals surface area (Å²) < 4.78 is 0.996. The van der Waals surface area contributed by atoms with Crippen molar-refractivity contribution in [2.45, 2.75) is 26.2 Å². The molecule has 128 valence electrons. The Bertz CT molecular complexity index is 902. The number of nitrogens with zero attached hydrogens (tertiary/aromatic N) is 1. The van der Waals surface area contributed by atoms with Crippen molar-refractivity contribution >= 4 is 44.6 Å². The van der Waals surface area contributed by atoms with Crippen molar-refractivity contribution in [2.24, 2.45) is 5.10 Å². The van der Waals surface area contributed by atoms with Crippen LogP contribution in [0.25, 0.3) is 10.1 Å². The number of hydrogen-bond acceptors (Lipinski definition) is 3. The number of halogens is 1. The molecule has 1 N–H and O–H groups in total. The van der Waals surface area contributed by atoms with Crippen molar-refractivity contribution in [3.05, 3.63) is 70.1 Å². The molecule has 0 bridgehead atoms. The number of carbonyl (C=O) groups is 1. The summed E-state index contributed by atoms with van der Waals surface area (Å²) in [5, 5.41) is 5.77. The zero-order valence-electron chi connectivity index (χ0n) is 14.0. The van der Waals surface area contributed by atoms with Crippen LogP contribution in [0.15, 0.2) is 59.7 Å². The summed E-state index contributed by atoms with van der Waals surface area (Å²) in [6.45, 7) is 2.14. The van der Waals surface area contributed by atoms with Gasteiger partial charge in [-0.1, -0.05) is 73.5 Å². The Balaban J connectivity index is 1.84. The monoisotopic (exact) mass is 370 g/mol. The highest BCUT2D eigenvalue weighted by Gasteiger charge is 2.16. The van der Waals surface area contributed by atoms with Crippen LogP contribution in [0.1, 0.15) is 41.4 Å². The van der Waals surface area contributed by atoms with Gasteiger partial charge in [-0.2, -0.15) is 5.10 Å². The number of fused-ring (bicyclic) bond motifs is 1. The summed E-state index contributed by atoms with van der Waals surface area (Å²) >= 11 is 7.75.